The minimum Gasteiger partial charge on any atom is -0.396 e. The van der Waals surface area contributed by atoms with Crippen LogP contribution in [0.1, 0.15) is 44.3 Å². The minimum absolute atomic E-state index is 0.171. The highest BCUT2D eigenvalue weighted by atomic mass is 19.1. The third kappa shape index (κ3) is 3.07. The maximum Gasteiger partial charge on any atom is 0.146 e. The van der Waals surface area contributed by atoms with Gasteiger partial charge in [0.05, 0.1) is 11.8 Å². The molecular formula is C15H22FNO2. The lowest BCUT2D eigenvalue weighted by atomic mass is 10.0. The molecule has 1 aliphatic heterocycles. The number of benzene rings is 1. The average molecular weight is 267 g/mol. The van der Waals surface area contributed by atoms with Crippen LogP contribution >= 0.6 is 0 Å². The van der Waals surface area contributed by atoms with Gasteiger partial charge in [-0.1, -0.05) is 12.1 Å². The summed E-state index contributed by atoms with van der Waals surface area (Å²) in [6.45, 7) is 2.65. The molecule has 1 aromatic rings. The molecule has 2 N–H and O–H groups in total. The first-order chi connectivity index (χ1) is 9.15. The molecule has 2 unspecified atom stereocenters. The molecule has 0 bridgehead atoms. The van der Waals surface area contributed by atoms with Crippen LogP contribution < -0.4 is 4.90 Å². The lowest BCUT2D eigenvalue weighted by Crippen LogP contribution is -2.31. The van der Waals surface area contributed by atoms with Gasteiger partial charge in [-0.25, -0.2) is 4.39 Å². The van der Waals surface area contributed by atoms with Crippen molar-refractivity contribution in [3.05, 3.63) is 29.6 Å². The van der Waals surface area contributed by atoms with Crippen LogP contribution in [0.4, 0.5) is 10.1 Å². The second-order valence-electron chi connectivity index (χ2n) is 5.21. The molecule has 1 saturated heterocycles. The maximum atomic E-state index is 14.2. The van der Waals surface area contributed by atoms with Gasteiger partial charge >= 0.3 is 0 Å². The predicted molar refractivity (Wildman–Crippen MR) is 73.7 cm³/mol. The monoisotopic (exact) mass is 267 g/mol. The Bertz CT molecular complexity index is 423. The molecular weight excluding hydrogens is 245 g/mol. The number of aliphatic hydroxyl groups excluding tert-OH is 2. The van der Waals surface area contributed by atoms with E-state index in [1.54, 1.807) is 19.1 Å². The first-order valence-electron chi connectivity index (χ1n) is 6.99. The van der Waals surface area contributed by atoms with E-state index in [1.807, 2.05) is 0 Å². The molecule has 0 saturated carbocycles. The summed E-state index contributed by atoms with van der Waals surface area (Å²) in [7, 11) is 0. The van der Waals surface area contributed by atoms with Gasteiger partial charge in [-0.2, -0.15) is 0 Å². The van der Waals surface area contributed by atoms with Gasteiger partial charge in [0.1, 0.15) is 5.82 Å². The molecule has 1 heterocycles. The van der Waals surface area contributed by atoms with Crippen molar-refractivity contribution < 1.29 is 14.6 Å². The lowest BCUT2D eigenvalue weighted by Gasteiger charge is -2.30. The number of nitrogens with zero attached hydrogens (tertiary/aromatic N) is 1. The Labute approximate surface area is 113 Å². The lowest BCUT2D eigenvalue weighted by molar-refractivity contribution is 0.199. The summed E-state index contributed by atoms with van der Waals surface area (Å²) in [5, 5.41) is 18.8. The first kappa shape index (κ1) is 14.3. The first-order valence-corrected chi connectivity index (χ1v) is 6.99. The Morgan fingerprint density at radius 2 is 2.26 bits per heavy atom. The molecule has 0 amide bonds. The fourth-order valence-electron chi connectivity index (χ4n) is 2.93. The number of rotatable bonds is 5. The quantitative estimate of drug-likeness (QED) is 0.862. The Morgan fingerprint density at radius 3 is 2.95 bits per heavy atom. The van der Waals surface area contributed by atoms with Crippen LogP contribution in [0.3, 0.4) is 0 Å². The van der Waals surface area contributed by atoms with Gasteiger partial charge in [-0.05, 0) is 38.7 Å². The molecule has 2 rings (SSSR count). The topological polar surface area (TPSA) is 43.7 Å². The largest absolute Gasteiger partial charge is 0.396 e. The molecule has 0 radical (unpaired) electrons. The van der Waals surface area contributed by atoms with Crippen molar-refractivity contribution in [2.45, 2.75) is 44.8 Å². The Kier molecular flexibility index (Phi) is 4.77. The molecule has 0 spiro atoms. The van der Waals surface area contributed by atoms with Crippen LogP contribution in [0.25, 0.3) is 0 Å². The summed E-state index contributed by atoms with van der Waals surface area (Å²) >= 11 is 0. The Morgan fingerprint density at radius 1 is 1.47 bits per heavy atom. The van der Waals surface area contributed by atoms with Crippen LogP contribution in [0.2, 0.25) is 0 Å². The molecule has 1 aliphatic rings. The predicted octanol–water partition coefficient (Wildman–Crippen LogP) is 2.62. The average Bonchev–Trinajstić information content (AvgIpc) is 2.83. The fourth-order valence-corrected chi connectivity index (χ4v) is 2.93. The molecule has 3 nitrogen and oxygen atoms in total. The molecule has 19 heavy (non-hydrogen) atoms. The van der Waals surface area contributed by atoms with E-state index in [9.17, 15) is 9.50 Å². The van der Waals surface area contributed by atoms with Crippen molar-refractivity contribution in [3.8, 4) is 0 Å². The SMILES string of the molecule is CC(O)c1cccc(F)c1N1CCCC1CCCO. The number of hydrogen-bond acceptors (Lipinski definition) is 3. The highest BCUT2D eigenvalue weighted by Gasteiger charge is 2.28. The normalized spacial score (nSPS) is 20.8. The molecule has 1 fully saturated rings. The van der Waals surface area contributed by atoms with Gasteiger partial charge in [0.2, 0.25) is 0 Å². The molecule has 1 aromatic carbocycles. The zero-order valence-corrected chi connectivity index (χ0v) is 11.3. The molecule has 4 heteroatoms. The van der Waals surface area contributed by atoms with Crippen LogP contribution in [0.15, 0.2) is 18.2 Å². The molecule has 2 atom stereocenters. The number of halogens is 1. The van der Waals surface area contributed by atoms with Crippen LogP contribution in [0, 0.1) is 5.82 Å². The highest BCUT2D eigenvalue weighted by molar-refractivity contribution is 5.57. The summed E-state index contributed by atoms with van der Waals surface area (Å²) < 4.78 is 14.2. The van der Waals surface area contributed by atoms with E-state index < -0.39 is 6.10 Å². The third-order valence-corrected chi connectivity index (χ3v) is 3.83. The van der Waals surface area contributed by atoms with E-state index in [4.69, 9.17) is 5.11 Å². The number of hydrogen-bond donors (Lipinski definition) is 2. The van der Waals surface area contributed by atoms with Crippen LogP contribution in [0.5, 0.6) is 0 Å². The summed E-state index contributed by atoms with van der Waals surface area (Å²) in [5.41, 5.74) is 1.19. The zero-order valence-electron chi connectivity index (χ0n) is 11.3. The van der Waals surface area contributed by atoms with Crippen LogP contribution in [-0.2, 0) is 0 Å². The van der Waals surface area contributed by atoms with Crippen LogP contribution in [-0.4, -0.2) is 29.4 Å². The maximum absolute atomic E-state index is 14.2. The smallest absolute Gasteiger partial charge is 0.146 e. The van der Waals surface area contributed by atoms with Crippen molar-refractivity contribution in [2.75, 3.05) is 18.1 Å². The molecule has 0 aliphatic carbocycles. The summed E-state index contributed by atoms with van der Waals surface area (Å²) in [6, 6.07) is 5.13. The van der Waals surface area contributed by atoms with Gasteiger partial charge in [0.25, 0.3) is 0 Å². The summed E-state index contributed by atoms with van der Waals surface area (Å²) in [4.78, 5) is 2.06. The number of para-hydroxylation sites is 1. The zero-order chi connectivity index (χ0) is 13.8. The highest BCUT2D eigenvalue weighted by Crippen LogP contribution is 2.35. The van der Waals surface area contributed by atoms with Gasteiger partial charge in [0.15, 0.2) is 0 Å². The number of anilines is 1. The van der Waals surface area contributed by atoms with Crippen molar-refractivity contribution in [2.24, 2.45) is 0 Å². The fraction of sp³-hybridized carbons (Fsp3) is 0.600. The minimum atomic E-state index is -0.676. The van der Waals surface area contributed by atoms with Crippen molar-refractivity contribution in [1.29, 1.82) is 0 Å². The Hall–Kier alpha value is -1.13. The standard InChI is InChI=1S/C15H22FNO2/c1-11(19)13-7-2-8-14(16)15(13)17-9-3-5-12(17)6-4-10-18/h2,7-8,11-12,18-19H,3-6,9-10H2,1H3. The van der Waals surface area contributed by atoms with Crippen molar-refractivity contribution >= 4 is 5.69 Å². The molecule has 106 valence electrons. The molecule has 0 aromatic heterocycles. The third-order valence-electron chi connectivity index (χ3n) is 3.83. The van der Waals surface area contributed by atoms with Gasteiger partial charge in [-0.15, -0.1) is 0 Å². The van der Waals surface area contributed by atoms with E-state index in [1.165, 1.54) is 6.07 Å². The van der Waals surface area contributed by atoms with Gasteiger partial charge in [0, 0.05) is 24.8 Å². The van der Waals surface area contributed by atoms with E-state index in [0.717, 1.165) is 32.2 Å². The van der Waals surface area contributed by atoms with Crippen molar-refractivity contribution in [3.63, 3.8) is 0 Å². The van der Waals surface area contributed by atoms with Crippen molar-refractivity contribution in [1.82, 2.24) is 0 Å². The second kappa shape index (κ2) is 6.35. The van der Waals surface area contributed by atoms with E-state index in [0.29, 0.717) is 11.3 Å². The van der Waals surface area contributed by atoms with E-state index in [2.05, 4.69) is 4.90 Å². The van der Waals surface area contributed by atoms with Gasteiger partial charge in [-0.3, -0.25) is 0 Å². The van der Waals surface area contributed by atoms with E-state index >= 15 is 0 Å². The van der Waals surface area contributed by atoms with E-state index in [-0.39, 0.29) is 18.5 Å². The summed E-state index contributed by atoms with van der Waals surface area (Å²) in [6.07, 6.45) is 2.98. The second-order valence-corrected chi connectivity index (χ2v) is 5.21. The number of aliphatic hydroxyl groups is 2. The van der Waals surface area contributed by atoms with Gasteiger partial charge < -0.3 is 15.1 Å². The Balaban J connectivity index is 2.29. The summed E-state index contributed by atoms with van der Waals surface area (Å²) in [5.74, 6) is -0.269.